The van der Waals surface area contributed by atoms with Crippen molar-refractivity contribution < 1.29 is 14.3 Å². The summed E-state index contributed by atoms with van der Waals surface area (Å²) < 4.78 is 11.2. The normalized spacial score (nSPS) is 16.8. The molecule has 1 aliphatic heterocycles. The summed E-state index contributed by atoms with van der Waals surface area (Å²) in [5.74, 6) is 1.38. The molecular weight excluding hydrogens is 528 g/mol. The summed E-state index contributed by atoms with van der Waals surface area (Å²) in [6.07, 6.45) is 13.4. The number of nitrogens with one attached hydrogen (secondary N) is 2. The Hall–Kier alpha value is -2.96. The second-order valence-corrected chi connectivity index (χ2v) is 11.0. The van der Waals surface area contributed by atoms with Crippen molar-refractivity contribution in [2.45, 2.75) is 67.5 Å². The van der Waals surface area contributed by atoms with Crippen LogP contribution in [0.15, 0.2) is 35.0 Å². The van der Waals surface area contributed by atoms with Gasteiger partial charge in [-0.2, -0.15) is 9.97 Å². The van der Waals surface area contributed by atoms with Gasteiger partial charge in [-0.3, -0.25) is 9.69 Å². The first-order valence-corrected chi connectivity index (χ1v) is 15.1. The highest BCUT2D eigenvalue weighted by molar-refractivity contribution is 7.99. The molecule has 218 valence electrons. The molecule has 0 bridgehead atoms. The minimum atomic E-state index is -0.348. The van der Waals surface area contributed by atoms with Crippen molar-refractivity contribution in [1.29, 1.82) is 0 Å². The molecule has 12 heteroatoms. The summed E-state index contributed by atoms with van der Waals surface area (Å²) in [4.78, 5) is 35.0. The lowest BCUT2D eigenvalue weighted by molar-refractivity contribution is -0.111. The summed E-state index contributed by atoms with van der Waals surface area (Å²) in [7, 11) is 3.14. The molecule has 0 aromatic carbocycles. The molecule has 0 radical (unpaired) electrons. The first-order chi connectivity index (χ1) is 19.6. The van der Waals surface area contributed by atoms with Crippen molar-refractivity contribution >= 4 is 29.4 Å². The average molecular weight is 571 g/mol. The second-order valence-electron chi connectivity index (χ2n) is 10.1. The van der Waals surface area contributed by atoms with E-state index in [-0.39, 0.29) is 5.91 Å². The molecule has 1 aliphatic carbocycles. The zero-order valence-electron chi connectivity index (χ0n) is 23.7. The number of rotatable bonds is 13. The van der Waals surface area contributed by atoms with Crippen LogP contribution in [0.3, 0.4) is 0 Å². The van der Waals surface area contributed by atoms with E-state index in [1.807, 2.05) is 0 Å². The van der Waals surface area contributed by atoms with Crippen LogP contribution in [-0.2, 0) is 4.79 Å². The van der Waals surface area contributed by atoms with E-state index in [1.54, 1.807) is 26.5 Å². The van der Waals surface area contributed by atoms with Gasteiger partial charge in [0.05, 0.1) is 14.2 Å². The Kier molecular flexibility index (Phi) is 11.8. The molecule has 4 rings (SSSR count). The number of anilines is 2. The van der Waals surface area contributed by atoms with Crippen molar-refractivity contribution in [3.8, 4) is 11.8 Å². The van der Waals surface area contributed by atoms with Gasteiger partial charge in [-0.15, -0.1) is 0 Å². The maximum atomic E-state index is 11.6. The van der Waals surface area contributed by atoms with Gasteiger partial charge in [0.25, 0.3) is 0 Å². The molecule has 3 heterocycles. The smallest absolute Gasteiger partial charge is 0.248 e. The molecule has 0 spiro atoms. The van der Waals surface area contributed by atoms with Gasteiger partial charge in [-0.1, -0.05) is 32.3 Å². The maximum Gasteiger partial charge on any atom is 0.248 e. The van der Waals surface area contributed by atoms with E-state index < -0.39 is 0 Å². The molecule has 11 nitrogen and oxygen atoms in total. The fourth-order valence-corrected chi connectivity index (χ4v) is 5.93. The van der Waals surface area contributed by atoms with Crippen molar-refractivity contribution in [2.24, 2.45) is 0 Å². The molecule has 2 aromatic heterocycles. The third-order valence-corrected chi connectivity index (χ3v) is 8.22. The fourth-order valence-electron chi connectivity index (χ4n) is 5.05. The molecule has 2 N–H and O–H groups in total. The van der Waals surface area contributed by atoms with Crippen molar-refractivity contribution in [1.82, 2.24) is 30.2 Å². The van der Waals surface area contributed by atoms with Crippen LogP contribution in [0.1, 0.15) is 51.4 Å². The van der Waals surface area contributed by atoms with Crippen molar-refractivity contribution in [3.63, 3.8) is 0 Å². The third kappa shape index (κ3) is 8.77. The van der Waals surface area contributed by atoms with Crippen LogP contribution in [0.2, 0.25) is 0 Å². The van der Waals surface area contributed by atoms with Crippen LogP contribution < -0.4 is 25.0 Å². The van der Waals surface area contributed by atoms with E-state index in [0.717, 1.165) is 45.3 Å². The SMILES string of the molecule is C=CC(=O)Nc1ccnc(Sc2c(OC)nc(N3CCN(CCCCNC4CCCCCC4)CC3)nc2OC)n1. The highest BCUT2D eigenvalue weighted by atomic mass is 32.2. The molecule has 2 aromatic rings. The number of ether oxygens (including phenoxy) is 2. The van der Waals surface area contributed by atoms with Crippen molar-refractivity contribution in [2.75, 3.05) is 63.7 Å². The van der Waals surface area contributed by atoms with Crippen LogP contribution in [0, 0.1) is 0 Å². The summed E-state index contributed by atoms with van der Waals surface area (Å²) >= 11 is 1.21. The number of nitrogens with zero attached hydrogens (tertiary/aromatic N) is 6. The summed E-state index contributed by atoms with van der Waals surface area (Å²) in [6, 6.07) is 2.33. The largest absolute Gasteiger partial charge is 0.480 e. The summed E-state index contributed by atoms with van der Waals surface area (Å²) in [5.41, 5.74) is 0. The van der Waals surface area contributed by atoms with Gasteiger partial charge in [0.15, 0.2) is 5.16 Å². The second kappa shape index (κ2) is 15.7. The van der Waals surface area contributed by atoms with Gasteiger partial charge in [0, 0.05) is 38.4 Å². The van der Waals surface area contributed by atoms with Gasteiger partial charge in [-0.25, -0.2) is 9.97 Å². The van der Waals surface area contributed by atoms with Crippen LogP contribution in [-0.4, -0.2) is 90.3 Å². The van der Waals surface area contributed by atoms with Gasteiger partial charge < -0.3 is 25.0 Å². The van der Waals surface area contributed by atoms with Crippen LogP contribution in [0.5, 0.6) is 11.8 Å². The third-order valence-electron chi connectivity index (χ3n) is 7.29. The summed E-state index contributed by atoms with van der Waals surface area (Å²) in [5, 5.41) is 6.82. The number of hydrogen-bond acceptors (Lipinski definition) is 11. The topological polar surface area (TPSA) is 118 Å². The van der Waals surface area contributed by atoms with Gasteiger partial charge >= 0.3 is 0 Å². The Labute approximate surface area is 241 Å². The average Bonchev–Trinajstić information content (AvgIpc) is 3.26. The maximum absolute atomic E-state index is 11.6. The van der Waals surface area contributed by atoms with Crippen LogP contribution in [0.4, 0.5) is 11.8 Å². The van der Waals surface area contributed by atoms with Crippen LogP contribution >= 0.6 is 11.8 Å². The summed E-state index contributed by atoms with van der Waals surface area (Å²) in [6.45, 7) is 9.33. The number of methoxy groups -OCH3 is 2. The number of carbonyl (C=O) groups excluding carboxylic acids is 1. The lowest BCUT2D eigenvalue weighted by Crippen LogP contribution is -2.47. The zero-order valence-corrected chi connectivity index (χ0v) is 24.5. The fraction of sp³-hybridized carbons (Fsp3) is 0.607. The first kappa shape index (κ1) is 30.0. The molecule has 0 unspecified atom stereocenters. The van der Waals surface area contributed by atoms with Gasteiger partial charge in [-0.05, 0) is 62.7 Å². The molecule has 1 saturated carbocycles. The monoisotopic (exact) mass is 570 g/mol. The Balaban J connectivity index is 1.29. The minimum Gasteiger partial charge on any atom is -0.480 e. The van der Waals surface area contributed by atoms with E-state index in [9.17, 15) is 4.79 Å². The number of piperazine rings is 1. The standard InChI is InChI=1S/C28H42N8O3S/c1-4-23(37)31-22-13-15-30-28(32-22)40-24-25(38-2)33-27(34-26(24)39-3)36-19-17-35(18-20-36)16-10-9-14-29-21-11-7-5-6-8-12-21/h4,13,15,21,29H,1,5-12,14,16-20H2,2-3H3,(H,30,31,32,37). The van der Waals surface area contributed by atoms with E-state index in [4.69, 9.17) is 19.4 Å². The molecule has 0 atom stereocenters. The van der Waals surface area contributed by atoms with E-state index in [2.05, 4.69) is 37.0 Å². The number of amides is 1. The molecule has 1 saturated heterocycles. The quantitative estimate of drug-likeness (QED) is 0.159. The van der Waals surface area contributed by atoms with E-state index in [0.29, 0.717) is 33.6 Å². The first-order valence-electron chi connectivity index (χ1n) is 14.2. The highest BCUT2D eigenvalue weighted by Crippen LogP contribution is 2.39. The number of unbranched alkanes of at least 4 members (excludes halogenated alkanes) is 1. The number of hydrogen-bond donors (Lipinski definition) is 2. The Morgan fingerprint density at radius 3 is 2.40 bits per heavy atom. The van der Waals surface area contributed by atoms with E-state index in [1.165, 1.54) is 69.2 Å². The number of carbonyl (C=O) groups is 1. The van der Waals surface area contributed by atoms with E-state index >= 15 is 0 Å². The van der Waals surface area contributed by atoms with Gasteiger partial charge in [0.1, 0.15) is 10.7 Å². The Morgan fingerprint density at radius 2 is 1.75 bits per heavy atom. The van der Waals surface area contributed by atoms with Gasteiger partial charge in [0.2, 0.25) is 23.6 Å². The molecule has 2 aliphatic rings. The molecule has 2 fully saturated rings. The Bertz CT molecular complexity index is 1080. The molecular formula is C28H42N8O3S. The Morgan fingerprint density at radius 1 is 1.05 bits per heavy atom. The predicted molar refractivity (Wildman–Crippen MR) is 157 cm³/mol. The molecule has 1 amide bonds. The minimum absolute atomic E-state index is 0.348. The lowest BCUT2D eigenvalue weighted by atomic mass is 10.1. The highest BCUT2D eigenvalue weighted by Gasteiger charge is 2.24. The van der Waals surface area contributed by atoms with Crippen molar-refractivity contribution in [3.05, 3.63) is 24.9 Å². The van der Waals surface area contributed by atoms with Crippen LogP contribution in [0.25, 0.3) is 0 Å². The molecule has 40 heavy (non-hydrogen) atoms. The zero-order chi connectivity index (χ0) is 28.2. The predicted octanol–water partition coefficient (Wildman–Crippen LogP) is 3.77. The lowest BCUT2D eigenvalue weighted by Gasteiger charge is -2.35. The number of aromatic nitrogens is 4.